The van der Waals surface area contributed by atoms with E-state index in [4.69, 9.17) is 0 Å². The quantitative estimate of drug-likeness (QED) is 0.645. The Morgan fingerprint density at radius 2 is 1.62 bits per heavy atom. The second-order valence-electron chi connectivity index (χ2n) is 6.25. The van der Waals surface area contributed by atoms with Gasteiger partial charge < -0.3 is 0 Å². The maximum Gasteiger partial charge on any atom is 0.264 e. The molecule has 3 nitrogen and oxygen atoms in total. The molecule has 0 aliphatic rings. The van der Waals surface area contributed by atoms with Crippen molar-refractivity contribution in [1.82, 2.24) is 0 Å². The zero-order chi connectivity index (χ0) is 18.7. The fraction of sp³-hybridized carbons (Fsp3) is 0.143. The first-order valence-electron chi connectivity index (χ1n) is 8.27. The second-order valence-corrected chi connectivity index (χ2v) is 8.11. The average molecular weight is 369 g/mol. The van der Waals surface area contributed by atoms with Crippen molar-refractivity contribution < 1.29 is 12.8 Å². The highest BCUT2D eigenvalue weighted by molar-refractivity contribution is 7.92. The first-order valence-corrected chi connectivity index (χ1v) is 9.71. The fourth-order valence-corrected chi connectivity index (χ4v) is 4.21. The van der Waals surface area contributed by atoms with Crippen LogP contribution in [-0.2, 0) is 16.6 Å². The van der Waals surface area contributed by atoms with Crippen molar-refractivity contribution in [2.75, 3.05) is 4.31 Å². The van der Waals surface area contributed by atoms with Gasteiger partial charge in [0.25, 0.3) is 10.0 Å². The van der Waals surface area contributed by atoms with Crippen molar-refractivity contribution in [3.8, 4) is 0 Å². The highest BCUT2D eigenvalue weighted by Crippen LogP contribution is 2.27. The van der Waals surface area contributed by atoms with Gasteiger partial charge in [-0.25, -0.2) is 12.8 Å². The maximum absolute atomic E-state index is 14.1. The highest BCUT2D eigenvalue weighted by atomic mass is 32.2. The van der Waals surface area contributed by atoms with Crippen LogP contribution >= 0.6 is 0 Å². The molecule has 0 saturated heterocycles. The molecule has 0 saturated carbocycles. The lowest BCUT2D eigenvalue weighted by atomic mass is 10.1. The Balaban J connectivity index is 2.11. The Hall–Kier alpha value is -2.66. The Bertz CT molecular complexity index is 1020. The number of anilines is 1. The van der Waals surface area contributed by atoms with Gasteiger partial charge in [-0.05, 0) is 49.2 Å². The Morgan fingerprint density at radius 1 is 0.885 bits per heavy atom. The Kier molecular flexibility index (Phi) is 5.09. The molecule has 0 aromatic heterocycles. The van der Waals surface area contributed by atoms with Crippen LogP contribution in [0.25, 0.3) is 0 Å². The molecule has 0 N–H and O–H groups in total. The zero-order valence-electron chi connectivity index (χ0n) is 14.7. The number of sulfonamides is 1. The molecule has 0 fully saturated rings. The van der Waals surface area contributed by atoms with Gasteiger partial charge in [0.1, 0.15) is 5.82 Å². The summed E-state index contributed by atoms with van der Waals surface area (Å²) in [7, 11) is -3.83. The largest absolute Gasteiger partial charge is 0.264 e. The summed E-state index contributed by atoms with van der Waals surface area (Å²) < 4.78 is 41.8. The van der Waals surface area contributed by atoms with Crippen LogP contribution in [-0.4, -0.2) is 8.42 Å². The molecule has 0 spiro atoms. The molecule has 0 aliphatic carbocycles. The SMILES string of the molecule is Cc1cccc(CN(c2ccc(C)c(F)c2)S(=O)(=O)c2ccccc2)c1. The van der Waals surface area contributed by atoms with Gasteiger partial charge in [0.15, 0.2) is 0 Å². The third-order valence-corrected chi connectivity index (χ3v) is 5.97. The molecule has 3 aromatic rings. The molecule has 3 aromatic carbocycles. The van der Waals surface area contributed by atoms with Crippen molar-refractivity contribution in [2.24, 2.45) is 0 Å². The molecule has 0 radical (unpaired) electrons. The third kappa shape index (κ3) is 3.78. The van der Waals surface area contributed by atoms with Gasteiger partial charge >= 0.3 is 0 Å². The number of hydrogen-bond donors (Lipinski definition) is 0. The van der Waals surface area contributed by atoms with E-state index in [0.29, 0.717) is 11.3 Å². The van der Waals surface area contributed by atoms with E-state index in [0.717, 1.165) is 11.1 Å². The first kappa shape index (κ1) is 18.1. The normalized spacial score (nSPS) is 11.3. The summed E-state index contributed by atoms with van der Waals surface area (Å²) in [5.41, 5.74) is 2.65. The van der Waals surface area contributed by atoms with E-state index in [1.54, 1.807) is 49.4 Å². The molecular formula is C21H20FNO2S. The average Bonchev–Trinajstić information content (AvgIpc) is 2.63. The van der Waals surface area contributed by atoms with Crippen LogP contribution in [0.15, 0.2) is 77.7 Å². The van der Waals surface area contributed by atoms with Crippen molar-refractivity contribution >= 4 is 15.7 Å². The van der Waals surface area contributed by atoms with Gasteiger partial charge in [-0.15, -0.1) is 0 Å². The van der Waals surface area contributed by atoms with Gasteiger partial charge in [-0.3, -0.25) is 4.31 Å². The van der Waals surface area contributed by atoms with E-state index in [-0.39, 0.29) is 11.4 Å². The van der Waals surface area contributed by atoms with Crippen molar-refractivity contribution in [1.29, 1.82) is 0 Å². The number of rotatable bonds is 5. The standard InChI is InChI=1S/C21H20FNO2S/c1-16-7-6-8-18(13-16)15-23(19-12-11-17(2)21(22)14-19)26(24,25)20-9-4-3-5-10-20/h3-14H,15H2,1-2H3. The van der Waals surface area contributed by atoms with Crippen LogP contribution in [0.2, 0.25) is 0 Å². The lowest BCUT2D eigenvalue weighted by Crippen LogP contribution is -2.30. The van der Waals surface area contributed by atoms with Gasteiger partial charge in [-0.1, -0.05) is 54.1 Å². The van der Waals surface area contributed by atoms with E-state index in [9.17, 15) is 12.8 Å². The molecule has 0 heterocycles. The van der Waals surface area contributed by atoms with Gasteiger partial charge in [0.05, 0.1) is 17.1 Å². The van der Waals surface area contributed by atoms with Crippen LogP contribution in [0.3, 0.4) is 0 Å². The topological polar surface area (TPSA) is 37.4 Å². The third-order valence-electron chi connectivity index (χ3n) is 4.18. The highest BCUT2D eigenvalue weighted by Gasteiger charge is 2.25. The molecule has 0 amide bonds. The number of benzene rings is 3. The number of nitrogens with zero attached hydrogens (tertiary/aromatic N) is 1. The van der Waals surface area contributed by atoms with Gasteiger partial charge in [0.2, 0.25) is 0 Å². The minimum Gasteiger partial charge on any atom is -0.262 e. The molecule has 5 heteroatoms. The number of aryl methyl sites for hydroxylation is 2. The van der Waals surface area contributed by atoms with Crippen molar-refractivity contribution in [3.63, 3.8) is 0 Å². The molecule has 0 bridgehead atoms. The second kappa shape index (κ2) is 7.30. The summed E-state index contributed by atoms with van der Waals surface area (Å²) in [4.78, 5) is 0.175. The first-order chi connectivity index (χ1) is 12.4. The lowest BCUT2D eigenvalue weighted by molar-refractivity contribution is 0.589. The maximum atomic E-state index is 14.1. The smallest absolute Gasteiger partial charge is 0.262 e. The van der Waals surface area contributed by atoms with Crippen LogP contribution in [0.1, 0.15) is 16.7 Å². The van der Waals surface area contributed by atoms with Crippen molar-refractivity contribution in [3.05, 3.63) is 95.3 Å². The van der Waals surface area contributed by atoms with Crippen LogP contribution < -0.4 is 4.31 Å². The fourth-order valence-electron chi connectivity index (χ4n) is 2.75. The molecule has 3 rings (SSSR count). The number of hydrogen-bond acceptors (Lipinski definition) is 2. The minimum absolute atomic E-state index is 0.126. The summed E-state index contributed by atoms with van der Waals surface area (Å²) in [6.07, 6.45) is 0. The lowest BCUT2D eigenvalue weighted by Gasteiger charge is -2.25. The van der Waals surface area contributed by atoms with Crippen LogP contribution in [0.5, 0.6) is 0 Å². The van der Waals surface area contributed by atoms with Gasteiger partial charge in [0, 0.05) is 0 Å². The van der Waals surface area contributed by atoms with Gasteiger partial charge in [-0.2, -0.15) is 0 Å². The molecule has 26 heavy (non-hydrogen) atoms. The monoisotopic (exact) mass is 369 g/mol. The number of halogens is 1. The molecule has 0 unspecified atom stereocenters. The molecule has 0 aliphatic heterocycles. The molecular weight excluding hydrogens is 349 g/mol. The predicted molar refractivity (Wildman–Crippen MR) is 102 cm³/mol. The summed E-state index contributed by atoms with van der Waals surface area (Å²) >= 11 is 0. The zero-order valence-corrected chi connectivity index (χ0v) is 15.5. The molecule has 134 valence electrons. The summed E-state index contributed by atoms with van der Waals surface area (Å²) in [6, 6.07) is 20.3. The predicted octanol–water partition coefficient (Wildman–Crippen LogP) is 4.84. The Morgan fingerprint density at radius 3 is 2.27 bits per heavy atom. The van der Waals surface area contributed by atoms with E-state index in [1.807, 2.05) is 31.2 Å². The van der Waals surface area contributed by atoms with E-state index in [2.05, 4.69) is 0 Å². The van der Waals surface area contributed by atoms with Crippen LogP contribution in [0.4, 0.5) is 10.1 Å². The van der Waals surface area contributed by atoms with E-state index < -0.39 is 15.8 Å². The summed E-state index contributed by atoms with van der Waals surface area (Å²) in [5, 5.41) is 0. The van der Waals surface area contributed by atoms with Crippen molar-refractivity contribution in [2.45, 2.75) is 25.3 Å². The van der Waals surface area contributed by atoms with E-state index in [1.165, 1.54) is 10.4 Å². The Labute approximate surface area is 153 Å². The van der Waals surface area contributed by atoms with E-state index >= 15 is 0 Å². The minimum atomic E-state index is -3.83. The van der Waals surface area contributed by atoms with Crippen LogP contribution in [0, 0.1) is 19.7 Å². The molecule has 0 atom stereocenters. The summed E-state index contributed by atoms with van der Waals surface area (Å²) in [6.45, 7) is 3.72. The summed E-state index contributed by atoms with van der Waals surface area (Å²) in [5.74, 6) is -0.431.